The van der Waals surface area contributed by atoms with Crippen molar-refractivity contribution in [3.8, 4) is 0 Å². The third kappa shape index (κ3) is 5.96. The van der Waals surface area contributed by atoms with Crippen molar-refractivity contribution in [3.05, 3.63) is 0 Å². The van der Waals surface area contributed by atoms with Crippen molar-refractivity contribution in [3.63, 3.8) is 0 Å². The maximum atomic E-state index is 11.0. The second-order valence-electron chi connectivity index (χ2n) is 3.49. The van der Waals surface area contributed by atoms with Crippen molar-refractivity contribution in [2.75, 3.05) is 0 Å². The van der Waals surface area contributed by atoms with Crippen LogP contribution in [0, 0.1) is 0 Å². The lowest BCUT2D eigenvalue weighted by Gasteiger charge is -2.19. The Bertz CT molecular complexity index is 185. The first-order valence-electron chi connectivity index (χ1n) is 4.76. The third-order valence-electron chi connectivity index (χ3n) is 2.32. The summed E-state index contributed by atoms with van der Waals surface area (Å²) in [5.74, 6) is 0. The second-order valence-corrected chi connectivity index (χ2v) is 7.72. The number of halogens is 2. The average Bonchev–Trinajstić information content (AvgIpc) is 1.92. The van der Waals surface area contributed by atoms with Crippen LogP contribution in [-0.2, 0) is 9.09 Å². The van der Waals surface area contributed by atoms with E-state index in [9.17, 15) is 4.57 Å². The molecule has 1 aliphatic carbocycles. The number of hydrogen-bond donors (Lipinski definition) is 0. The van der Waals surface area contributed by atoms with Crippen LogP contribution in [0.1, 0.15) is 44.9 Å². The molecule has 0 aromatic carbocycles. The highest BCUT2D eigenvalue weighted by Crippen LogP contribution is 2.59. The summed E-state index contributed by atoms with van der Waals surface area (Å²) in [6.45, 7) is 0. The van der Waals surface area contributed by atoms with E-state index < -0.39 is 6.07 Å². The van der Waals surface area contributed by atoms with Gasteiger partial charge < -0.3 is 4.52 Å². The number of hydrogen-bond acceptors (Lipinski definition) is 2. The molecule has 0 amide bonds. The summed E-state index contributed by atoms with van der Waals surface area (Å²) in [6, 6.07) is 0. The third-order valence-corrected chi connectivity index (χ3v) is 3.35. The zero-order valence-corrected chi connectivity index (χ0v) is 9.95. The van der Waals surface area contributed by atoms with Crippen LogP contribution < -0.4 is 0 Å². The van der Waals surface area contributed by atoms with Crippen molar-refractivity contribution in [1.29, 1.82) is 0 Å². The van der Waals surface area contributed by atoms with Gasteiger partial charge in [-0.2, -0.15) is 0 Å². The molecule has 1 rings (SSSR count). The topological polar surface area (TPSA) is 26.3 Å². The molecule has 0 aliphatic heterocycles. The summed E-state index contributed by atoms with van der Waals surface area (Å²) >= 11 is 10.7. The Morgan fingerprint density at radius 3 is 1.92 bits per heavy atom. The highest BCUT2D eigenvalue weighted by atomic mass is 35.9. The summed E-state index contributed by atoms with van der Waals surface area (Å²) in [5.41, 5.74) is 0. The lowest BCUT2D eigenvalue weighted by Crippen LogP contribution is -2.11. The quantitative estimate of drug-likeness (QED) is 0.659. The van der Waals surface area contributed by atoms with Gasteiger partial charge in [-0.3, -0.25) is 4.57 Å². The van der Waals surface area contributed by atoms with Crippen LogP contribution in [-0.4, -0.2) is 6.10 Å². The molecular weight excluding hydrogens is 230 g/mol. The molecule has 0 aromatic heterocycles. The summed E-state index contributed by atoms with van der Waals surface area (Å²) in [6.07, 6.45) is 4.55. The first-order valence-corrected chi connectivity index (χ1v) is 8.19. The van der Waals surface area contributed by atoms with Crippen LogP contribution in [0.4, 0.5) is 0 Å². The van der Waals surface area contributed by atoms with E-state index in [0.717, 1.165) is 25.7 Å². The van der Waals surface area contributed by atoms with Crippen molar-refractivity contribution in [2.45, 2.75) is 51.0 Å². The van der Waals surface area contributed by atoms with Crippen molar-refractivity contribution >= 4 is 28.6 Å². The minimum atomic E-state index is -3.32. The van der Waals surface area contributed by atoms with E-state index in [1.807, 2.05) is 0 Å². The van der Waals surface area contributed by atoms with Crippen LogP contribution in [0.25, 0.3) is 0 Å². The molecule has 0 bridgehead atoms. The first-order chi connectivity index (χ1) is 6.08. The summed E-state index contributed by atoms with van der Waals surface area (Å²) in [7, 11) is 0. The zero-order chi connectivity index (χ0) is 9.73. The van der Waals surface area contributed by atoms with E-state index in [0.29, 0.717) is 0 Å². The van der Waals surface area contributed by atoms with Gasteiger partial charge in [0.2, 0.25) is 0 Å². The van der Waals surface area contributed by atoms with Gasteiger partial charge in [-0.25, -0.2) is 0 Å². The summed E-state index contributed by atoms with van der Waals surface area (Å²) in [4.78, 5) is 0. The Morgan fingerprint density at radius 1 is 1.00 bits per heavy atom. The van der Waals surface area contributed by atoms with Crippen LogP contribution in [0.5, 0.6) is 0 Å². The lowest BCUT2D eigenvalue weighted by molar-refractivity contribution is 0.180. The van der Waals surface area contributed by atoms with E-state index in [2.05, 4.69) is 0 Å². The van der Waals surface area contributed by atoms with Gasteiger partial charge >= 0.3 is 6.07 Å². The molecule has 0 aromatic rings. The SMILES string of the molecule is O=P(Cl)(Cl)OC1CCCCCCC1. The van der Waals surface area contributed by atoms with Gasteiger partial charge in [-0.1, -0.05) is 32.1 Å². The van der Waals surface area contributed by atoms with Crippen molar-refractivity contribution in [2.24, 2.45) is 0 Å². The molecule has 0 atom stereocenters. The molecular formula is C8H15Cl2O2P. The Kier molecular flexibility index (Phi) is 5.10. The van der Waals surface area contributed by atoms with E-state index in [1.54, 1.807) is 0 Å². The van der Waals surface area contributed by atoms with E-state index in [1.165, 1.54) is 19.3 Å². The Hall–Kier alpha value is 0.770. The molecule has 0 heterocycles. The molecule has 13 heavy (non-hydrogen) atoms. The van der Waals surface area contributed by atoms with E-state index >= 15 is 0 Å². The Balaban J connectivity index is 2.33. The van der Waals surface area contributed by atoms with Crippen molar-refractivity contribution in [1.82, 2.24) is 0 Å². The fraction of sp³-hybridized carbons (Fsp3) is 1.00. The van der Waals surface area contributed by atoms with Gasteiger partial charge in [-0.15, -0.1) is 0 Å². The fourth-order valence-electron chi connectivity index (χ4n) is 1.70. The largest absolute Gasteiger partial charge is 0.380 e. The Morgan fingerprint density at radius 2 is 1.46 bits per heavy atom. The monoisotopic (exact) mass is 244 g/mol. The highest BCUT2D eigenvalue weighted by molar-refractivity contribution is 8.05. The molecule has 78 valence electrons. The summed E-state index contributed by atoms with van der Waals surface area (Å²) in [5, 5.41) is 0. The number of rotatable bonds is 2. The fourth-order valence-corrected chi connectivity index (χ4v) is 2.93. The van der Waals surface area contributed by atoms with Crippen LogP contribution >= 0.6 is 28.6 Å². The van der Waals surface area contributed by atoms with Crippen molar-refractivity contribution < 1.29 is 9.09 Å². The smallest absolute Gasteiger partial charge is 0.303 e. The summed E-state index contributed by atoms with van der Waals surface area (Å²) < 4.78 is 16.1. The van der Waals surface area contributed by atoms with Crippen LogP contribution in [0.15, 0.2) is 0 Å². The molecule has 1 aliphatic rings. The minimum Gasteiger partial charge on any atom is -0.303 e. The first kappa shape index (κ1) is 11.8. The Labute approximate surface area is 89.0 Å². The maximum absolute atomic E-state index is 11.0. The average molecular weight is 245 g/mol. The maximum Gasteiger partial charge on any atom is 0.380 e. The minimum absolute atomic E-state index is 0.00105. The van der Waals surface area contributed by atoms with E-state index in [-0.39, 0.29) is 6.10 Å². The van der Waals surface area contributed by atoms with Crippen LogP contribution in [0.2, 0.25) is 0 Å². The van der Waals surface area contributed by atoms with E-state index in [4.69, 9.17) is 27.0 Å². The highest BCUT2D eigenvalue weighted by Gasteiger charge is 2.22. The molecule has 0 spiro atoms. The molecule has 0 N–H and O–H groups in total. The zero-order valence-electron chi connectivity index (χ0n) is 7.55. The molecule has 0 saturated heterocycles. The normalized spacial score (nSPS) is 22.3. The van der Waals surface area contributed by atoms with Gasteiger partial charge in [-0.05, 0) is 35.3 Å². The molecule has 0 unspecified atom stereocenters. The molecule has 0 radical (unpaired) electrons. The predicted octanol–water partition coefficient (Wildman–Crippen LogP) is 4.70. The molecule has 5 heteroatoms. The molecule has 1 fully saturated rings. The van der Waals surface area contributed by atoms with Gasteiger partial charge in [0, 0.05) is 0 Å². The van der Waals surface area contributed by atoms with Gasteiger partial charge in [0.25, 0.3) is 0 Å². The van der Waals surface area contributed by atoms with Gasteiger partial charge in [0.15, 0.2) is 0 Å². The van der Waals surface area contributed by atoms with Crippen LogP contribution in [0.3, 0.4) is 0 Å². The lowest BCUT2D eigenvalue weighted by atomic mass is 9.99. The van der Waals surface area contributed by atoms with Gasteiger partial charge in [0.1, 0.15) is 0 Å². The standard InChI is InChI=1S/C8H15Cl2O2P/c9-13(10,11)12-8-6-4-2-1-3-5-7-8/h8H,1-7H2. The second kappa shape index (κ2) is 5.60. The molecule has 1 saturated carbocycles. The van der Waals surface area contributed by atoms with Gasteiger partial charge in [0.05, 0.1) is 6.10 Å². The molecule has 2 nitrogen and oxygen atoms in total. The predicted molar refractivity (Wildman–Crippen MR) is 56.5 cm³/mol.